The van der Waals surface area contributed by atoms with Crippen molar-refractivity contribution in [2.24, 2.45) is 0 Å². The van der Waals surface area contributed by atoms with E-state index in [-0.39, 0.29) is 5.91 Å². The van der Waals surface area contributed by atoms with E-state index in [0.717, 1.165) is 12.3 Å². The van der Waals surface area contributed by atoms with Crippen molar-refractivity contribution in [1.29, 1.82) is 0 Å². The molecule has 0 spiro atoms. The Morgan fingerprint density at radius 2 is 1.83 bits per heavy atom. The summed E-state index contributed by atoms with van der Waals surface area (Å²) in [7, 11) is 3.39. The summed E-state index contributed by atoms with van der Waals surface area (Å²) in [4.78, 5) is 16.9. The van der Waals surface area contributed by atoms with Crippen LogP contribution in [-0.4, -0.2) is 25.0 Å². The van der Waals surface area contributed by atoms with Gasteiger partial charge in [0.2, 0.25) is 5.91 Å². The van der Waals surface area contributed by atoms with Crippen molar-refractivity contribution in [2.75, 3.05) is 24.3 Å². The smallest absolute Gasteiger partial charge is 0.362 e. The Bertz CT molecular complexity index is 727. The number of rotatable bonds is 3. The van der Waals surface area contributed by atoms with Gasteiger partial charge in [0.25, 0.3) is 0 Å². The number of pyridine rings is 1. The van der Waals surface area contributed by atoms with E-state index in [9.17, 15) is 18.0 Å². The van der Waals surface area contributed by atoms with Crippen LogP contribution in [-0.2, 0) is 11.0 Å². The lowest BCUT2D eigenvalue weighted by Crippen LogP contribution is -2.15. The molecule has 4 nitrogen and oxygen atoms in total. The average molecular weight is 323 g/mol. The molecule has 0 aliphatic rings. The van der Waals surface area contributed by atoms with Crippen LogP contribution in [0.1, 0.15) is 12.5 Å². The monoisotopic (exact) mass is 323 g/mol. The second-order valence-electron chi connectivity index (χ2n) is 5.21. The van der Waals surface area contributed by atoms with Crippen LogP contribution < -0.4 is 10.2 Å². The number of nitrogens with one attached hydrogen (secondary N) is 1. The highest BCUT2D eigenvalue weighted by Gasteiger charge is 2.32. The van der Waals surface area contributed by atoms with Crippen LogP contribution in [0.3, 0.4) is 0 Å². The molecule has 1 amide bonds. The number of hydrogen-bond donors (Lipinski definition) is 1. The van der Waals surface area contributed by atoms with Crippen molar-refractivity contribution in [2.45, 2.75) is 13.1 Å². The predicted molar refractivity (Wildman–Crippen MR) is 83.3 cm³/mol. The van der Waals surface area contributed by atoms with Gasteiger partial charge >= 0.3 is 6.18 Å². The van der Waals surface area contributed by atoms with Gasteiger partial charge in [0.1, 0.15) is 5.82 Å². The number of alkyl halides is 3. The minimum Gasteiger partial charge on any atom is -0.362 e. The number of nitrogens with zero attached hydrogens (tertiary/aromatic N) is 2. The zero-order valence-electron chi connectivity index (χ0n) is 12.9. The van der Waals surface area contributed by atoms with E-state index in [1.165, 1.54) is 6.92 Å². The maximum Gasteiger partial charge on any atom is 0.417 e. The van der Waals surface area contributed by atoms with Crippen LogP contribution in [0.2, 0.25) is 0 Å². The van der Waals surface area contributed by atoms with Crippen LogP contribution in [0.4, 0.5) is 24.7 Å². The Morgan fingerprint density at radius 1 is 1.17 bits per heavy atom. The topological polar surface area (TPSA) is 45.2 Å². The Kier molecular flexibility index (Phi) is 4.58. The number of para-hydroxylation sites is 1. The van der Waals surface area contributed by atoms with Gasteiger partial charge in [-0.1, -0.05) is 18.2 Å². The Labute approximate surface area is 132 Å². The van der Waals surface area contributed by atoms with Gasteiger partial charge in [-0.05, 0) is 12.1 Å². The van der Waals surface area contributed by atoms with E-state index in [1.54, 1.807) is 43.3 Å². The molecule has 1 N–H and O–H groups in total. The quantitative estimate of drug-likeness (QED) is 0.935. The minimum absolute atomic E-state index is 0.300. The van der Waals surface area contributed by atoms with E-state index in [1.807, 2.05) is 0 Å². The molecule has 0 aliphatic heterocycles. The minimum atomic E-state index is -4.49. The van der Waals surface area contributed by atoms with Gasteiger partial charge in [-0.2, -0.15) is 13.2 Å². The van der Waals surface area contributed by atoms with Crippen molar-refractivity contribution < 1.29 is 18.0 Å². The second kappa shape index (κ2) is 6.28. The lowest BCUT2D eigenvalue weighted by molar-refractivity contribution is -0.137. The first-order chi connectivity index (χ1) is 10.7. The van der Waals surface area contributed by atoms with Crippen molar-refractivity contribution >= 4 is 17.4 Å². The molecule has 0 atom stereocenters. The zero-order valence-corrected chi connectivity index (χ0v) is 12.9. The number of carbonyl (C=O) groups is 1. The molecule has 122 valence electrons. The van der Waals surface area contributed by atoms with E-state index in [4.69, 9.17) is 0 Å². The standard InChI is InChI=1S/C16H16F3N3O/c1-10(23)21-14-7-5-4-6-12(14)13-8-11(16(17,18)19)9-20-15(13)22(2)3/h4-9H,1-3H3,(H,21,23). The Morgan fingerprint density at radius 3 is 2.39 bits per heavy atom. The third-order valence-corrected chi connectivity index (χ3v) is 3.15. The van der Waals surface area contributed by atoms with Crippen LogP contribution in [0.15, 0.2) is 36.5 Å². The molecule has 0 radical (unpaired) electrons. The first kappa shape index (κ1) is 16.8. The van der Waals surface area contributed by atoms with E-state index < -0.39 is 11.7 Å². The molecule has 0 saturated heterocycles. The van der Waals surface area contributed by atoms with Gasteiger partial charge in [-0.15, -0.1) is 0 Å². The molecular weight excluding hydrogens is 307 g/mol. The van der Waals surface area contributed by atoms with Gasteiger partial charge < -0.3 is 10.2 Å². The maximum atomic E-state index is 13.0. The fraction of sp³-hybridized carbons (Fsp3) is 0.250. The first-order valence-corrected chi connectivity index (χ1v) is 6.81. The fourth-order valence-electron chi connectivity index (χ4n) is 2.18. The van der Waals surface area contributed by atoms with Crippen LogP contribution in [0.25, 0.3) is 11.1 Å². The number of aromatic nitrogens is 1. The van der Waals surface area contributed by atoms with Crippen molar-refractivity contribution in [3.63, 3.8) is 0 Å². The summed E-state index contributed by atoms with van der Waals surface area (Å²) in [5.74, 6) is 0.0830. The Hall–Kier alpha value is -2.57. The molecule has 0 fully saturated rings. The highest BCUT2D eigenvalue weighted by molar-refractivity contribution is 5.95. The van der Waals surface area contributed by atoms with E-state index in [2.05, 4.69) is 10.3 Å². The largest absolute Gasteiger partial charge is 0.417 e. The highest BCUT2D eigenvalue weighted by Crippen LogP contribution is 2.38. The number of halogens is 3. The lowest BCUT2D eigenvalue weighted by atomic mass is 10.0. The van der Waals surface area contributed by atoms with Crippen LogP contribution in [0.5, 0.6) is 0 Å². The van der Waals surface area contributed by atoms with Crippen molar-refractivity contribution in [3.8, 4) is 11.1 Å². The zero-order chi connectivity index (χ0) is 17.2. The summed E-state index contributed by atoms with van der Waals surface area (Å²) in [5, 5.41) is 2.63. The summed E-state index contributed by atoms with van der Waals surface area (Å²) in [6.45, 7) is 1.34. The third kappa shape index (κ3) is 3.80. The summed E-state index contributed by atoms with van der Waals surface area (Å²) < 4.78 is 39.0. The SMILES string of the molecule is CC(=O)Nc1ccccc1-c1cc(C(F)(F)F)cnc1N(C)C. The van der Waals surface area contributed by atoms with Crippen LogP contribution >= 0.6 is 0 Å². The maximum absolute atomic E-state index is 13.0. The number of amides is 1. The van der Waals surface area contributed by atoms with Gasteiger partial charge in [0, 0.05) is 44.0 Å². The predicted octanol–water partition coefficient (Wildman–Crippen LogP) is 3.79. The third-order valence-electron chi connectivity index (χ3n) is 3.15. The molecule has 2 rings (SSSR count). The highest BCUT2D eigenvalue weighted by atomic mass is 19.4. The molecule has 0 aliphatic carbocycles. The molecule has 1 heterocycles. The average Bonchev–Trinajstić information content (AvgIpc) is 2.45. The first-order valence-electron chi connectivity index (χ1n) is 6.81. The number of benzene rings is 1. The molecule has 7 heteroatoms. The van der Waals surface area contributed by atoms with Gasteiger partial charge in [0.15, 0.2) is 0 Å². The molecule has 1 aromatic heterocycles. The summed E-state index contributed by atoms with van der Waals surface area (Å²) in [6, 6.07) is 7.72. The molecule has 2 aromatic rings. The van der Waals surface area contributed by atoms with E-state index >= 15 is 0 Å². The Balaban J connectivity index is 2.68. The van der Waals surface area contributed by atoms with Gasteiger partial charge in [0.05, 0.1) is 5.56 Å². The van der Waals surface area contributed by atoms with Crippen LogP contribution in [0, 0.1) is 0 Å². The number of hydrogen-bond acceptors (Lipinski definition) is 3. The summed E-state index contributed by atoms with van der Waals surface area (Å²) >= 11 is 0. The molecule has 0 unspecified atom stereocenters. The van der Waals surface area contributed by atoms with Gasteiger partial charge in [-0.3, -0.25) is 4.79 Å². The van der Waals surface area contributed by atoms with E-state index in [0.29, 0.717) is 22.6 Å². The molecule has 23 heavy (non-hydrogen) atoms. The fourth-order valence-corrected chi connectivity index (χ4v) is 2.18. The normalized spacial score (nSPS) is 11.2. The number of anilines is 2. The summed E-state index contributed by atoms with van der Waals surface area (Å²) in [5.41, 5.74) is 0.374. The molecule has 0 saturated carbocycles. The number of carbonyl (C=O) groups excluding carboxylic acids is 1. The molecule has 0 bridgehead atoms. The summed E-state index contributed by atoms with van der Waals surface area (Å²) in [6.07, 6.45) is -3.69. The van der Waals surface area contributed by atoms with Crippen molar-refractivity contribution in [1.82, 2.24) is 4.98 Å². The molecular formula is C16H16F3N3O. The molecule has 1 aromatic carbocycles. The van der Waals surface area contributed by atoms with Gasteiger partial charge in [-0.25, -0.2) is 4.98 Å². The lowest BCUT2D eigenvalue weighted by Gasteiger charge is -2.20. The van der Waals surface area contributed by atoms with Crippen molar-refractivity contribution in [3.05, 3.63) is 42.1 Å². The second-order valence-corrected chi connectivity index (χ2v) is 5.21.